The first-order chi connectivity index (χ1) is 20.2. The largest absolute Gasteiger partial charge is 0.494 e. The van der Waals surface area contributed by atoms with Crippen molar-refractivity contribution in [2.24, 2.45) is 0 Å². The van der Waals surface area contributed by atoms with Gasteiger partial charge in [0, 0.05) is 47.7 Å². The van der Waals surface area contributed by atoms with Crippen LogP contribution in [0.3, 0.4) is 0 Å². The van der Waals surface area contributed by atoms with Crippen molar-refractivity contribution in [1.29, 1.82) is 0 Å². The van der Waals surface area contributed by atoms with Crippen molar-refractivity contribution in [3.05, 3.63) is 91.1 Å². The Bertz CT molecular complexity index is 1710. The number of allylic oxidation sites excluding steroid dienone is 1. The zero-order chi connectivity index (χ0) is 30.0. The number of nitrogens with zero attached hydrogens (tertiary/aromatic N) is 3. The number of piperazine rings is 1. The van der Waals surface area contributed by atoms with Gasteiger partial charge in [-0.1, -0.05) is 40.9 Å². The number of rotatable bonds is 7. The van der Waals surface area contributed by atoms with Crippen molar-refractivity contribution in [3.8, 4) is 33.3 Å². The summed E-state index contributed by atoms with van der Waals surface area (Å²) in [6.45, 7) is 10.1. The second-order valence-corrected chi connectivity index (χ2v) is 12.1. The lowest BCUT2D eigenvalue weighted by molar-refractivity contribution is 0.0708. The molecule has 1 saturated heterocycles. The van der Waals surface area contributed by atoms with Crippen LogP contribution in [0.25, 0.3) is 33.6 Å². The van der Waals surface area contributed by atoms with Crippen molar-refractivity contribution < 1.29 is 9.53 Å². The van der Waals surface area contributed by atoms with Crippen molar-refractivity contribution >= 4 is 46.5 Å². The van der Waals surface area contributed by atoms with Gasteiger partial charge in [-0.3, -0.25) is 14.2 Å². The number of amides is 1. The summed E-state index contributed by atoms with van der Waals surface area (Å²) in [6.07, 6.45) is 1.86. The van der Waals surface area contributed by atoms with Gasteiger partial charge in [-0.2, -0.15) is 0 Å². The fourth-order valence-corrected chi connectivity index (χ4v) is 6.13. The minimum Gasteiger partial charge on any atom is -0.494 e. The molecule has 1 atom stereocenters. The van der Waals surface area contributed by atoms with Crippen LogP contribution in [0.1, 0.15) is 43.7 Å². The molecule has 0 saturated carbocycles. The first kappa shape index (κ1) is 30.0. The van der Waals surface area contributed by atoms with Crippen LogP contribution in [0.4, 0.5) is 0 Å². The van der Waals surface area contributed by atoms with Crippen molar-refractivity contribution in [2.75, 3.05) is 26.2 Å². The highest BCUT2D eigenvalue weighted by Crippen LogP contribution is 2.33. The molecule has 0 aliphatic carbocycles. The zero-order valence-corrected chi connectivity index (χ0v) is 26.2. The molecule has 3 heterocycles. The van der Waals surface area contributed by atoms with Gasteiger partial charge >= 0.3 is 0 Å². The van der Waals surface area contributed by atoms with Crippen LogP contribution >= 0.6 is 34.5 Å². The van der Waals surface area contributed by atoms with Gasteiger partial charge in [-0.05, 0) is 64.1 Å². The fraction of sp³-hybridized carbons (Fsp3) is 0.281. The van der Waals surface area contributed by atoms with E-state index < -0.39 is 0 Å². The van der Waals surface area contributed by atoms with Crippen LogP contribution in [0, 0.1) is 0 Å². The molecule has 0 spiro atoms. The number of pyridine rings is 1. The molecular formula is C32H32Cl2N4O3S. The van der Waals surface area contributed by atoms with Gasteiger partial charge < -0.3 is 15.0 Å². The Morgan fingerprint density at radius 1 is 1.17 bits per heavy atom. The lowest BCUT2D eigenvalue weighted by Gasteiger charge is -2.32. The molecule has 2 aromatic carbocycles. The van der Waals surface area contributed by atoms with E-state index in [1.54, 1.807) is 36.4 Å². The quantitative estimate of drug-likeness (QED) is 0.236. The van der Waals surface area contributed by atoms with Gasteiger partial charge in [0.1, 0.15) is 10.8 Å². The Kier molecular flexibility index (Phi) is 9.18. The molecular weight excluding hydrogens is 591 g/mol. The Morgan fingerprint density at radius 2 is 1.93 bits per heavy atom. The zero-order valence-electron chi connectivity index (χ0n) is 23.9. The number of carbonyl (C=O) groups excluding carboxylic acids is 1. The number of aromatic nitrogens is 2. The Balaban J connectivity index is 1.78. The standard InChI is InChI=1S/C32H32Cl2N4O3S/c1-5-41-23-10-11-26(34)29(15-23)38-28(14-19(2)3)24(31(39)37-13-12-35-20(4)17-37)16-25(32(38)40)30-36-27(18-42-30)21-6-8-22(33)9-7-21/h6-11,14-16,18,20,35H,5,12-13,17H2,1-4H3/t20-/m1/s1. The van der Waals surface area contributed by atoms with Gasteiger partial charge in [-0.15, -0.1) is 11.3 Å². The number of ether oxygens (including phenoxy) is 1. The minimum absolute atomic E-state index is 0.151. The van der Waals surface area contributed by atoms with Gasteiger partial charge in [-0.25, -0.2) is 4.98 Å². The number of halogens is 2. The van der Waals surface area contributed by atoms with E-state index in [1.807, 2.05) is 49.3 Å². The van der Waals surface area contributed by atoms with E-state index in [9.17, 15) is 9.59 Å². The molecule has 1 aliphatic rings. The fourth-order valence-electron chi connectivity index (χ4n) is 4.97. The summed E-state index contributed by atoms with van der Waals surface area (Å²) >= 11 is 14.2. The van der Waals surface area contributed by atoms with E-state index in [0.717, 1.165) is 11.1 Å². The molecule has 4 aromatic rings. The molecule has 218 valence electrons. The van der Waals surface area contributed by atoms with Crippen LogP contribution in [0.15, 0.2) is 64.3 Å². The van der Waals surface area contributed by atoms with Crippen LogP contribution in [0.2, 0.25) is 10.0 Å². The molecule has 2 aromatic heterocycles. The number of carbonyl (C=O) groups is 1. The van der Waals surface area contributed by atoms with E-state index >= 15 is 0 Å². The molecule has 5 rings (SSSR count). The second kappa shape index (κ2) is 12.8. The van der Waals surface area contributed by atoms with Crippen molar-refractivity contribution in [2.45, 2.75) is 33.7 Å². The highest BCUT2D eigenvalue weighted by Gasteiger charge is 2.28. The van der Waals surface area contributed by atoms with E-state index in [0.29, 0.717) is 75.2 Å². The minimum atomic E-state index is -0.333. The molecule has 1 fully saturated rings. The average molecular weight is 624 g/mol. The SMILES string of the molecule is CCOc1ccc(Cl)c(-n2c(C=C(C)C)c(C(=O)N3CCN[C@H](C)C3)cc(-c3nc(-c4ccc(Cl)cc4)cs3)c2=O)c1. The summed E-state index contributed by atoms with van der Waals surface area (Å²) in [4.78, 5) is 35.3. The Hall–Kier alpha value is -3.43. The lowest BCUT2D eigenvalue weighted by Crippen LogP contribution is -2.51. The number of nitrogens with one attached hydrogen (secondary N) is 1. The lowest BCUT2D eigenvalue weighted by atomic mass is 10.0. The average Bonchev–Trinajstić information content (AvgIpc) is 3.45. The molecule has 0 bridgehead atoms. The smallest absolute Gasteiger partial charge is 0.265 e. The predicted molar refractivity (Wildman–Crippen MR) is 172 cm³/mol. The first-order valence-corrected chi connectivity index (χ1v) is 15.4. The third kappa shape index (κ3) is 6.32. The third-order valence-electron chi connectivity index (χ3n) is 6.89. The van der Waals surface area contributed by atoms with Gasteiger partial charge in [0.05, 0.1) is 39.8 Å². The monoisotopic (exact) mass is 622 g/mol. The normalized spacial score (nSPS) is 15.0. The molecule has 0 radical (unpaired) electrons. The van der Waals surface area contributed by atoms with Crippen LogP contribution in [-0.2, 0) is 0 Å². The maximum atomic E-state index is 14.4. The van der Waals surface area contributed by atoms with Crippen LogP contribution < -0.4 is 15.6 Å². The molecule has 0 unspecified atom stereocenters. The third-order valence-corrected chi connectivity index (χ3v) is 8.34. The highest BCUT2D eigenvalue weighted by molar-refractivity contribution is 7.13. The topological polar surface area (TPSA) is 76.5 Å². The van der Waals surface area contributed by atoms with Crippen molar-refractivity contribution in [3.63, 3.8) is 0 Å². The van der Waals surface area contributed by atoms with E-state index in [2.05, 4.69) is 12.2 Å². The second-order valence-electron chi connectivity index (χ2n) is 10.4. The van der Waals surface area contributed by atoms with Crippen LogP contribution in [0.5, 0.6) is 5.75 Å². The maximum Gasteiger partial charge on any atom is 0.265 e. The summed E-state index contributed by atoms with van der Waals surface area (Å²) in [5.74, 6) is 0.415. The van der Waals surface area contributed by atoms with Crippen LogP contribution in [-0.4, -0.2) is 52.6 Å². The summed E-state index contributed by atoms with van der Waals surface area (Å²) in [6, 6.07) is 14.4. The highest BCUT2D eigenvalue weighted by atomic mass is 35.5. The molecule has 7 nitrogen and oxygen atoms in total. The maximum absolute atomic E-state index is 14.4. The molecule has 1 aliphatic heterocycles. The van der Waals surface area contributed by atoms with Gasteiger partial charge in [0.15, 0.2) is 0 Å². The number of thiazole rings is 1. The molecule has 1 N–H and O–H groups in total. The molecule has 10 heteroatoms. The molecule has 1 amide bonds. The van der Waals surface area contributed by atoms with Gasteiger partial charge in [0.2, 0.25) is 0 Å². The van der Waals surface area contributed by atoms with Gasteiger partial charge in [0.25, 0.3) is 11.5 Å². The Labute approximate surface area is 259 Å². The number of hydrogen-bond donors (Lipinski definition) is 1. The summed E-state index contributed by atoms with van der Waals surface area (Å²) in [5.41, 5.74) is 3.80. The number of hydrogen-bond acceptors (Lipinski definition) is 6. The summed E-state index contributed by atoms with van der Waals surface area (Å²) in [7, 11) is 0. The Morgan fingerprint density at radius 3 is 2.62 bits per heavy atom. The predicted octanol–water partition coefficient (Wildman–Crippen LogP) is 7.19. The van der Waals surface area contributed by atoms with Crippen molar-refractivity contribution in [1.82, 2.24) is 19.8 Å². The first-order valence-electron chi connectivity index (χ1n) is 13.8. The summed E-state index contributed by atoms with van der Waals surface area (Å²) < 4.78 is 7.28. The van der Waals surface area contributed by atoms with E-state index in [-0.39, 0.29) is 17.5 Å². The molecule has 42 heavy (non-hydrogen) atoms. The number of benzene rings is 2. The van der Waals surface area contributed by atoms with E-state index in [4.69, 9.17) is 32.9 Å². The summed E-state index contributed by atoms with van der Waals surface area (Å²) in [5, 5.41) is 6.77. The van der Waals surface area contributed by atoms with E-state index in [1.165, 1.54) is 15.9 Å².